The fraction of sp³-hybridized carbons (Fsp3) is 0.190. The van der Waals surface area contributed by atoms with Gasteiger partial charge in [-0.3, -0.25) is 24.6 Å². The number of imide groups is 1. The Balaban J connectivity index is 1.66. The highest BCUT2D eigenvalue weighted by atomic mass is 32.2. The van der Waals surface area contributed by atoms with Crippen molar-refractivity contribution in [1.29, 1.82) is 0 Å². The van der Waals surface area contributed by atoms with Gasteiger partial charge in [-0.2, -0.15) is 0 Å². The van der Waals surface area contributed by atoms with E-state index < -0.39 is 28.1 Å². The van der Waals surface area contributed by atoms with E-state index in [0.717, 1.165) is 16.7 Å². The van der Waals surface area contributed by atoms with E-state index in [-0.39, 0.29) is 17.2 Å². The molecule has 9 nitrogen and oxygen atoms in total. The predicted molar refractivity (Wildman–Crippen MR) is 113 cm³/mol. The molecule has 0 spiro atoms. The Labute approximate surface area is 181 Å². The van der Waals surface area contributed by atoms with Gasteiger partial charge in [-0.1, -0.05) is 24.3 Å². The first-order valence-electron chi connectivity index (χ1n) is 9.11. The molecule has 2 aromatic carbocycles. The number of rotatable bonds is 7. The topological polar surface area (TPSA) is 116 Å². The van der Waals surface area contributed by atoms with Crippen molar-refractivity contribution in [1.82, 2.24) is 4.90 Å². The molecule has 10 heteroatoms. The number of nitrogens with zero attached hydrogens (tertiary/aromatic N) is 2. The number of amides is 2. The van der Waals surface area contributed by atoms with Crippen molar-refractivity contribution < 1.29 is 28.8 Å². The van der Waals surface area contributed by atoms with Crippen LogP contribution >= 0.6 is 11.8 Å². The van der Waals surface area contributed by atoms with E-state index in [9.17, 15) is 24.5 Å². The highest BCUT2D eigenvalue weighted by Crippen LogP contribution is 2.34. The van der Waals surface area contributed by atoms with Crippen LogP contribution in [0.1, 0.15) is 18.1 Å². The number of carbonyl (C=O) groups is 3. The van der Waals surface area contributed by atoms with Gasteiger partial charge in [0.15, 0.2) is 0 Å². The Bertz CT molecular complexity index is 1070. The van der Waals surface area contributed by atoms with Crippen molar-refractivity contribution in [2.75, 3.05) is 7.11 Å². The maximum atomic E-state index is 12.5. The minimum Gasteiger partial charge on any atom is -0.489 e. The molecule has 160 valence electrons. The highest BCUT2D eigenvalue weighted by Gasteiger charge is 2.41. The third kappa shape index (κ3) is 5.10. The molecule has 1 atom stereocenters. The second-order valence-electron chi connectivity index (χ2n) is 6.54. The lowest BCUT2D eigenvalue weighted by Gasteiger charge is -2.18. The van der Waals surface area contributed by atoms with Crippen molar-refractivity contribution >= 4 is 40.6 Å². The molecule has 1 fully saturated rings. The van der Waals surface area contributed by atoms with Crippen LogP contribution in [0.5, 0.6) is 5.75 Å². The van der Waals surface area contributed by atoms with E-state index in [1.165, 1.54) is 26.2 Å². The lowest BCUT2D eigenvalue weighted by Crippen LogP contribution is -2.42. The van der Waals surface area contributed by atoms with Crippen molar-refractivity contribution in [2.24, 2.45) is 0 Å². The summed E-state index contributed by atoms with van der Waals surface area (Å²) in [5, 5.41) is 10.3. The molecule has 1 saturated heterocycles. The fourth-order valence-electron chi connectivity index (χ4n) is 2.83. The summed E-state index contributed by atoms with van der Waals surface area (Å²) in [5.41, 5.74) is 1.32. The Hall–Kier alpha value is -3.66. The van der Waals surface area contributed by atoms with Gasteiger partial charge < -0.3 is 9.47 Å². The molecule has 0 aromatic heterocycles. The standard InChI is InChI=1S/C21H18N2O7S/c1-13(20(25)29-2)22-19(24)18(31-21(22)26)11-14-6-8-17(9-7-14)30-12-15-4-3-5-16(10-15)23(27)28/h3-11,13H,12H2,1-2H3/b18-11+/t13-/m1/s1. The molecule has 1 heterocycles. The van der Waals surface area contributed by atoms with Gasteiger partial charge in [-0.25, -0.2) is 4.79 Å². The van der Waals surface area contributed by atoms with Crippen LogP contribution in [0.3, 0.4) is 0 Å². The zero-order valence-corrected chi connectivity index (χ0v) is 17.5. The van der Waals surface area contributed by atoms with Crippen LogP contribution in [-0.4, -0.2) is 40.1 Å². The zero-order chi connectivity index (χ0) is 22.5. The summed E-state index contributed by atoms with van der Waals surface area (Å²) in [4.78, 5) is 47.8. The lowest BCUT2D eigenvalue weighted by atomic mass is 10.2. The monoisotopic (exact) mass is 442 g/mol. The first-order chi connectivity index (χ1) is 14.8. The average Bonchev–Trinajstić information content (AvgIpc) is 3.05. The number of carbonyl (C=O) groups excluding carboxylic acids is 3. The molecular weight excluding hydrogens is 424 g/mol. The zero-order valence-electron chi connectivity index (χ0n) is 16.6. The van der Waals surface area contributed by atoms with Crippen molar-refractivity contribution in [2.45, 2.75) is 19.6 Å². The Morgan fingerprint density at radius 3 is 2.58 bits per heavy atom. The Kier molecular flexibility index (Phi) is 6.71. The van der Waals surface area contributed by atoms with Gasteiger partial charge in [0.25, 0.3) is 16.8 Å². The van der Waals surface area contributed by atoms with E-state index in [2.05, 4.69) is 4.74 Å². The van der Waals surface area contributed by atoms with E-state index in [0.29, 0.717) is 16.9 Å². The summed E-state index contributed by atoms with van der Waals surface area (Å²) in [7, 11) is 1.19. The Morgan fingerprint density at radius 1 is 1.23 bits per heavy atom. The van der Waals surface area contributed by atoms with Gasteiger partial charge in [0.05, 0.1) is 16.9 Å². The fourth-order valence-corrected chi connectivity index (χ4v) is 3.74. The maximum absolute atomic E-state index is 12.5. The molecule has 1 aliphatic heterocycles. The van der Waals surface area contributed by atoms with E-state index in [1.54, 1.807) is 42.5 Å². The largest absolute Gasteiger partial charge is 0.489 e. The number of nitro groups is 1. The van der Waals surface area contributed by atoms with Crippen LogP contribution in [0.15, 0.2) is 53.4 Å². The molecule has 0 N–H and O–H groups in total. The minimum atomic E-state index is -1.01. The molecule has 2 amide bonds. The Morgan fingerprint density at radius 2 is 1.94 bits per heavy atom. The highest BCUT2D eigenvalue weighted by molar-refractivity contribution is 8.18. The van der Waals surface area contributed by atoms with Gasteiger partial charge in [0.1, 0.15) is 18.4 Å². The average molecular weight is 442 g/mol. The molecule has 0 saturated carbocycles. The summed E-state index contributed by atoms with van der Waals surface area (Å²) in [6.07, 6.45) is 1.55. The number of ether oxygens (including phenoxy) is 2. The lowest BCUT2D eigenvalue weighted by molar-refractivity contribution is -0.384. The van der Waals surface area contributed by atoms with Crippen molar-refractivity contribution in [3.05, 3.63) is 74.7 Å². The molecule has 1 aliphatic rings. The predicted octanol–water partition coefficient (Wildman–Crippen LogP) is 3.77. The summed E-state index contributed by atoms with van der Waals surface area (Å²) >= 11 is 0.753. The summed E-state index contributed by atoms with van der Waals surface area (Å²) < 4.78 is 10.2. The van der Waals surface area contributed by atoms with E-state index >= 15 is 0 Å². The number of methoxy groups -OCH3 is 1. The summed E-state index contributed by atoms with van der Waals surface area (Å²) in [6.45, 7) is 1.59. The normalized spacial score (nSPS) is 15.8. The molecule has 3 rings (SSSR count). The molecule has 0 bridgehead atoms. The number of thioether (sulfide) groups is 1. The van der Waals surface area contributed by atoms with Gasteiger partial charge in [0, 0.05) is 12.1 Å². The molecule has 31 heavy (non-hydrogen) atoms. The smallest absolute Gasteiger partial charge is 0.328 e. The first-order valence-corrected chi connectivity index (χ1v) is 9.93. The summed E-state index contributed by atoms with van der Waals surface area (Å²) in [6, 6.07) is 12.0. The van der Waals surface area contributed by atoms with Crippen molar-refractivity contribution in [3.63, 3.8) is 0 Å². The molecule has 0 aliphatic carbocycles. The van der Waals surface area contributed by atoms with Crippen LogP contribution in [0, 0.1) is 10.1 Å². The maximum Gasteiger partial charge on any atom is 0.328 e. The quantitative estimate of drug-likeness (QED) is 0.275. The molecule has 0 radical (unpaired) electrons. The number of hydrogen-bond acceptors (Lipinski definition) is 8. The summed E-state index contributed by atoms with van der Waals surface area (Å²) in [5.74, 6) is -0.691. The number of nitro benzene ring substituents is 1. The number of benzene rings is 2. The van der Waals surface area contributed by atoms with Crippen molar-refractivity contribution in [3.8, 4) is 5.75 Å². The second kappa shape index (κ2) is 9.43. The molecular formula is C21H18N2O7S. The van der Waals surface area contributed by atoms with E-state index in [4.69, 9.17) is 4.74 Å². The van der Waals surface area contributed by atoms with Gasteiger partial charge in [-0.15, -0.1) is 0 Å². The van der Waals surface area contributed by atoms with Crippen LogP contribution in [0.25, 0.3) is 6.08 Å². The van der Waals surface area contributed by atoms with Crippen LogP contribution in [-0.2, 0) is 20.9 Å². The van der Waals surface area contributed by atoms with Gasteiger partial charge in [0.2, 0.25) is 0 Å². The van der Waals surface area contributed by atoms with Crippen LogP contribution in [0.2, 0.25) is 0 Å². The second-order valence-corrected chi connectivity index (χ2v) is 7.53. The minimum absolute atomic E-state index is 0.00749. The molecule has 2 aromatic rings. The third-order valence-corrected chi connectivity index (χ3v) is 5.34. The van der Waals surface area contributed by atoms with Gasteiger partial charge in [-0.05, 0) is 48.0 Å². The number of esters is 1. The molecule has 0 unspecified atom stereocenters. The van der Waals surface area contributed by atoms with Crippen LogP contribution in [0.4, 0.5) is 10.5 Å². The van der Waals surface area contributed by atoms with E-state index in [1.807, 2.05) is 0 Å². The number of hydrogen-bond donors (Lipinski definition) is 0. The van der Waals surface area contributed by atoms with Gasteiger partial charge >= 0.3 is 5.97 Å². The SMILES string of the molecule is COC(=O)[C@@H](C)N1C(=O)S/C(=C/c2ccc(OCc3cccc([N+](=O)[O-])c3)cc2)C1=O. The van der Waals surface area contributed by atoms with Crippen LogP contribution < -0.4 is 4.74 Å². The third-order valence-electron chi connectivity index (χ3n) is 4.46. The number of non-ortho nitro benzene ring substituents is 1. The first kappa shape index (κ1) is 22.0.